The van der Waals surface area contributed by atoms with Gasteiger partial charge in [-0.25, -0.2) is 4.79 Å². The van der Waals surface area contributed by atoms with Gasteiger partial charge in [-0.15, -0.1) is 0 Å². The van der Waals surface area contributed by atoms with E-state index in [1.54, 1.807) is 4.90 Å². The van der Waals surface area contributed by atoms with E-state index in [4.69, 9.17) is 11.0 Å². The lowest BCUT2D eigenvalue weighted by Crippen LogP contribution is -2.44. The molecule has 0 atom stereocenters. The zero-order valence-corrected chi connectivity index (χ0v) is 8.41. The van der Waals surface area contributed by atoms with Crippen LogP contribution in [0.15, 0.2) is 0 Å². The van der Waals surface area contributed by atoms with Crippen LogP contribution in [0.2, 0.25) is 0 Å². The minimum atomic E-state index is -0.382. The van der Waals surface area contributed by atoms with Crippen molar-refractivity contribution >= 4 is 6.03 Å². The molecule has 0 unspecified atom stereocenters. The second kappa shape index (κ2) is 5.48. The second-order valence-electron chi connectivity index (χ2n) is 3.73. The van der Waals surface area contributed by atoms with Crippen molar-refractivity contribution in [1.29, 1.82) is 5.26 Å². The summed E-state index contributed by atoms with van der Waals surface area (Å²) in [6.45, 7) is 0.483. The summed E-state index contributed by atoms with van der Waals surface area (Å²) in [6, 6.07) is 1.93. The molecule has 0 aromatic heterocycles. The molecule has 0 aromatic carbocycles. The van der Waals surface area contributed by atoms with E-state index < -0.39 is 0 Å². The zero-order chi connectivity index (χ0) is 10.4. The first kappa shape index (κ1) is 10.8. The number of nitrogens with zero attached hydrogens (tertiary/aromatic N) is 2. The number of hydrogen-bond acceptors (Lipinski definition) is 2. The van der Waals surface area contributed by atoms with Gasteiger partial charge < -0.3 is 10.6 Å². The van der Waals surface area contributed by atoms with Crippen molar-refractivity contribution in [2.45, 2.75) is 44.6 Å². The molecule has 0 heterocycles. The molecule has 1 rings (SSSR count). The Hall–Kier alpha value is -1.24. The highest BCUT2D eigenvalue weighted by Crippen LogP contribution is 2.22. The van der Waals surface area contributed by atoms with E-state index in [-0.39, 0.29) is 12.1 Å². The normalized spacial score (nSPS) is 17.4. The van der Waals surface area contributed by atoms with Crippen molar-refractivity contribution in [2.24, 2.45) is 5.73 Å². The van der Waals surface area contributed by atoms with Gasteiger partial charge >= 0.3 is 6.03 Å². The van der Waals surface area contributed by atoms with Gasteiger partial charge in [0, 0.05) is 12.6 Å². The van der Waals surface area contributed by atoms with E-state index in [2.05, 4.69) is 0 Å². The first-order chi connectivity index (χ1) is 6.75. The third-order valence-corrected chi connectivity index (χ3v) is 2.76. The van der Waals surface area contributed by atoms with Crippen LogP contribution in [-0.4, -0.2) is 23.5 Å². The summed E-state index contributed by atoms with van der Waals surface area (Å²) in [4.78, 5) is 12.8. The molecule has 1 aliphatic rings. The van der Waals surface area contributed by atoms with E-state index in [1.807, 2.05) is 6.07 Å². The second-order valence-corrected chi connectivity index (χ2v) is 3.73. The fourth-order valence-corrected chi connectivity index (χ4v) is 2.04. The summed E-state index contributed by atoms with van der Waals surface area (Å²) in [5, 5.41) is 8.47. The maximum absolute atomic E-state index is 11.1. The number of carbonyl (C=O) groups excluding carboxylic acids is 1. The summed E-state index contributed by atoms with van der Waals surface area (Å²) in [7, 11) is 0. The molecule has 14 heavy (non-hydrogen) atoms. The van der Waals surface area contributed by atoms with Gasteiger partial charge in [-0.05, 0) is 12.8 Å². The Morgan fingerprint density at radius 1 is 1.43 bits per heavy atom. The highest BCUT2D eigenvalue weighted by Gasteiger charge is 2.22. The van der Waals surface area contributed by atoms with E-state index >= 15 is 0 Å². The van der Waals surface area contributed by atoms with Crippen LogP contribution in [0.25, 0.3) is 0 Å². The van der Waals surface area contributed by atoms with Crippen LogP contribution in [0, 0.1) is 11.3 Å². The van der Waals surface area contributed by atoms with E-state index in [0.717, 1.165) is 12.8 Å². The number of nitrogens with two attached hydrogens (primary N) is 1. The van der Waals surface area contributed by atoms with Gasteiger partial charge in [0.15, 0.2) is 0 Å². The molecule has 0 spiro atoms. The molecule has 1 aliphatic carbocycles. The number of amides is 2. The highest BCUT2D eigenvalue weighted by molar-refractivity contribution is 5.72. The standard InChI is InChI=1S/C10H17N3O/c11-7-4-8-13(10(12)14)9-5-2-1-3-6-9/h9H,1-6,8H2,(H2,12,14). The zero-order valence-electron chi connectivity index (χ0n) is 8.41. The molecule has 2 amide bonds. The van der Waals surface area contributed by atoms with Crippen LogP contribution in [0.1, 0.15) is 38.5 Å². The average molecular weight is 195 g/mol. The Kier molecular flexibility index (Phi) is 4.24. The molecule has 0 bridgehead atoms. The van der Waals surface area contributed by atoms with Gasteiger partial charge in [0.25, 0.3) is 0 Å². The molecule has 0 radical (unpaired) electrons. The number of primary amides is 1. The number of hydrogen-bond donors (Lipinski definition) is 1. The molecule has 0 saturated heterocycles. The lowest BCUT2D eigenvalue weighted by molar-refractivity contribution is 0.165. The molecular weight excluding hydrogens is 178 g/mol. The topological polar surface area (TPSA) is 70.1 Å². The molecular formula is C10H17N3O. The van der Waals surface area contributed by atoms with Crippen LogP contribution in [0.4, 0.5) is 4.79 Å². The summed E-state index contributed by atoms with van der Waals surface area (Å²) in [5.41, 5.74) is 5.29. The van der Waals surface area contributed by atoms with Gasteiger partial charge in [0.1, 0.15) is 0 Å². The van der Waals surface area contributed by atoms with Crippen molar-refractivity contribution in [3.05, 3.63) is 0 Å². The van der Waals surface area contributed by atoms with Gasteiger partial charge in [-0.1, -0.05) is 19.3 Å². The maximum atomic E-state index is 11.1. The Morgan fingerprint density at radius 3 is 2.57 bits per heavy atom. The van der Waals surface area contributed by atoms with Gasteiger partial charge in [0.05, 0.1) is 12.5 Å². The SMILES string of the molecule is N#CCCN(C(N)=O)C1CCCCC1. The quantitative estimate of drug-likeness (QED) is 0.743. The van der Waals surface area contributed by atoms with Crippen LogP contribution in [0.5, 0.6) is 0 Å². The van der Waals surface area contributed by atoms with Gasteiger partial charge in [0.2, 0.25) is 0 Å². The molecule has 4 nitrogen and oxygen atoms in total. The molecule has 0 aliphatic heterocycles. The fraction of sp³-hybridized carbons (Fsp3) is 0.800. The molecule has 2 N–H and O–H groups in total. The number of rotatable bonds is 3. The third-order valence-electron chi connectivity index (χ3n) is 2.76. The van der Waals surface area contributed by atoms with Crippen molar-refractivity contribution in [1.82, 2.24) is 4.90 Å². The predicted molar refractivity (Wildman–Crippen MR) is 53.4 cm³/mol. The smallest absolute Gasteiger partial charge is 0.315 e. The lowest BCUT2D eigenvalue weighted by atomic mass is 9.94. The Bertz CT molecular complexity index is 228. The maximum Gasteiger partial charge on any atom is 0.315 e. The Labute approximate surface area is 84.7 Å². The third kappa shape index (κ3) is 2.91. The molecule has 1 fully saturated rings. The molecule has 78 valence electrons. The number of carbonyl (C=O) groups is 1. The first-order valence-corrected chi connectivity index (χ1v) is 5.18. The highest BCUT2D eigenvalue weighted by atomic mass is 16.2. The van der Waals surface area contributed by atoms with E-state index in [0.29, 0.717) is 13.0 Å². The minimum Gasteiger partial charge on any atom is -0.351 e. The minimum absolute atomic E-state index is 0.273. The van der Waals surface area contributed by atoms with Crippen molar-refractivity contribution in [3.8, 4) is 6.07 Å². The van der Waals surface area contributed by atoms with Gasteiger partial charge in [-0.3, -0.25) is 0 Å². The number of urea groups is 1. The Balaban J connectivity index is 2.48. The summed E-state index contributed by atoms with van der Waals surface area (Å²) >= 11 is 0. The first-order valence-electron chi connectivity index (χ1n) is 5.18. The summed E-state index contributed by atoms with van der Waals surface area (Å²) in [6.07, 6.45) is 6.03. The Morgan fingerprint density at radius 2 is 2.07 bits per heavy atom. The summed E-state index contributed by atoms with van der Waals surface area (Å²) in [5.74, 6) is 0. The largest absolute Gasteiger partial charge is 0.351 e. The molecule has 4 heteroatoms. The van der Waals surface area contributed by atoms with Crippen LogP contribution in [0.3, 0.4) is 0 Å². The van der Waals surface area contributed by atoms with Crippen LogP contribution >= 0.6 is 0 Å². The van der Waals surface area contributed by atoms with E-state index in [1.165, 1.54) is 19.3 Å². The monoisotopic (exact) mass is 195 g/mol. The molecule has 1 saturated carbocycles. The predicted octanol–water partition coefficient (Wildman–Crippen LogP) is 1.61. The van der Waals surface area contributed by atoms with Crippen LogP contribution < -0.4 is 5.73 Å². The average Bonchev–Trinajstić information content (AvgIpc) is 2.19. The van der Waals surface area contributed by atoms with Gasteiger partial charge in [-0.2, -0.15) is 5.26 Å². The molecule has 0 aromatic rings. The summed E-state index contributed by atoms with van der Waals surface area (Å²) < 4.78 is 0. The van der Waals surface area contributed by atoms with Crippen molar-refractivity contribution in [3.63, 3.8) is 0 Å². The van der Waals surface area contributed by atoms with Crippen molar-refractivity contribution < 1.29 is 4.79 Å². The van der Waals surface area contributed by atoms with E-state index in [9.17, 15) is 4.79 Å². The van der Waals surface area contributed by atoms with Crippen molar-refractivity contribution in [2.75, 3.05) is 6.54 Å². The fourth-order valence-electron chi connectivity index (χ4n) is 2.04. The number of nitriles is 1. The van der Waals surface area contributed by atoms with Crippen LogP contribution in [-0.2, 0) is 0 Å². The lowest BCUT2D eigenvalue weighted by Gasteiger charge is -2.32.